The molecule has 0 bridgehead atoms. The molecule has 10 heteroatoms. The summed E-state index contributed by atoms with van der Waals surface area (Å²) in [5, 5.41) is 13.7. The van der Waals surface area contributed by atoms with Gasteiger partial charge < -0.3 is 34.3 Å². The van der Waals surface area contributed by atoms with Crippen LogP contribution in [-0.2, 0) is 28.5 Å². The summed E-state index contributed by atoms with van der Waals surface area (Å²) in [7, 11) is 3.20. The molecule has 40 heavy (non-hydrogen) atoms. The van der Waals surface area contributed by atoms with E-state index in [1.165, 1.54) is 11.0 Å². The average molecular weight is 563 g/mol. The van der Waals surface area contributed by atoms with E-state index in [1.807, 2.05) is 26.0 Å². The third-order valence-corrected chi connectivity index (χ3v) is 7.74. The van der Waals surface area contributed by atoms with Gasteiger partial charge in [-0.2, -0.15) is 0 Å². The average Bonchev–Trinajstić information content (AvgIpc) is 3.64. The van der Waals surface area contributed by atoms with Gasteiger partial charge in [0.25, 0.3) is 0 Å². The molecule has 3 rings (SSSR count). The number of ketones is 1. The van der Waals surface area contributed by atoms with E-state index in [-0.39, 0.29) is 42.0 Å². The lowest BCUT2D eigenvalue weighted by atomic mass is 9.87. The molecule has 0 saturated carbocycles. The normalized spacial score (nSPS) is 35.1. The van der Waals surface area contributed by atoms with E-state index in [9.17, 15) is 19.5 Å². The number of aliphatic hydroxyl groups is 1. The van der Waals surface area contributed by atoms with Gasteiger partial charge in [0.15, 0.2) is 0 Å². The first-order valence-electron chi connectivity index (χ1n) is 14.1. The van der Waals surface area contributed by atoms with Crippen molar-refractivity contribution < 1.29 is 38.4 Å². The minimum Gasteiger partial charge on any atom is -0.442 e. The second kappa shape index (κ2) is 13.9. The molecular formula is C30H46N2O8. The van der Waals surface area contributed by atoms with Crippen LogP contribution in [-0.4, -0.2) is 96.8 Å². The molecule has 0 aromatic carbocycles. The van der Waals surface area contributed by atoms with Gasteiger partial charge in [-0.15, -0.1) is 0 Å². The highest BCUT2D eigenvalue weighted by molar-refractivity contribution is 5.87. The van der Waals surface area contributed by atoms with Crippen molar-refractivity contribution in [1.82, 2.24) is 10.2 Å². The summed E-state index contributed by atoms with van der Waals surface area (Å²) in [5.74, 6) is 0.0274. The van der Waals surface area contributed by atoms with E-state index in [4.69, 9.17) is 18.9 Å². The Morgan fingerprint density at radius 3 is 2.50 bits per heavy atom. The fourth-order valence-corrected chi connectivity index (χ4v) is 5.21. The van der Waals surface area contributed by atoms with Crippen molar-refractivity contribution in [3.05, 3.63) is 36.0 Å². The maximum absolute atomic E-state index is 12.5. The fourth-order valence-electron chi connectivity index (χ4n) is 5.21. The van der Waals surface area contributed by atoms with Crippen LogP contribution in [0.25, 0.3) is 0 Å². The number of allylic oxidation sites excluding steroid dienone is 2. The van der Waals surface area contributed by atoms with E-state index >= 15 is 0 Å². The molecule has 0 aliphatic carbocycles. The van der Waals surface area contributed by atoms with E-state index in [1.54, 1.807) is 34.0 Å². The molecule has 3 aliphatic heterocycles. The van der Waals surface area contributed by atoms with Gasteiger partial charge in [-0.05, 0) is 52.5 Å². The lowest BCUT2D eigenvalue weighted by Gasteiger charge is -2.39. The number of nitrogens with one attached hydrogen (secondary N) is 1. The summed E-state index contributed by atoms with van der Waals surface area (Å²) in [4.78, 5) is 37.0. The summed E-state index contributed by atoms with van der Waals surface area (Å²) in [6.07, 6.45) is 8.47. The van der Waals surface area contributed by atoms with Crippen LogP contribution < -0.4 is 5.32 Å². The van der Waals surface area contributed by atoms with Crippen LogP contribution in [0.5, 0.6) is 0 Å². The SMILES string of the molecule is CC(=O)C[C@@H]1C[C@@]2(CO2)[C@H](O)[C@@H](/C=C/C(C)=C/C[C@@H]2O[C@H](C)[C@H](NC(=O)/C=C\[C@H](C)OC(=O)N(C)C)C[C@@H]2C)O1. The number of carbonyl (C=O) groups is 3. The maximum Gasteiger partial charge on any atom is 0.409 e. The zero-order valence-electron chi connectivity index (χ0n) is 24.8. The molecule has 1 spiro atoms. The van der Waals surface area contributed by atoms with Gasteiger partial charge in [0.1, 0.15) is 29.7 Å². The predicted molar refractivity (Wildman–Crippen MR) is 150 cm³/mol. The summed E-state index contributed by atoms with van der Waals surface area (Å²) < 4.78 is 23.0. The quantitative estimate of drug-likeness (QED) is 0.236. The fraction of sp³-hybridized carbons (Fsp3) is 0.700. The smallest absolute Gasteiger partial charge is 0.409 e. The molecule has 0 unspecified atom stereocenters. The number of ether oxygens (including phenoxy) is 4. The highest BCUT2D eigenvalue weighted by atomic mass is 16.6. The van der Waals surface area contributed by atoms with E-state index in [2.05, 4.69) is 18.3 Å². The van der Waals surface area contributed by atoms with Crippen molar-refractivity contribution >= 4 is 17.8 Å². The van der Waals surface area contributed by atoms with Crippen molar-refractivity contribution in [2.45, 2.75) is 109 Å². The van der Waals surface area contributed by atoms with Crippen LogP contribution >= 0.6 is 0 Å². The number of hydrogen-bond acceptors (Lipinski definition) is 8. The van der Waals surface area contributed by atoms with Gasteiger partial charge in [-0.1, -0.05) is 30.7 Å². The molecule has 0 aromatic rings. The van der Waals surface area contributed by atoms with Crippen LogP contribution in [0.1, 0.15) is 60.3 Å². The van der Waals surface area contributed by atoms with Crippen LogP contribution in [0.3, 0.4) is 0 Å². The molecule has 224 valence electrons. The van der Waals surface area contributed by atoms with Crippen molar-refractivity contribution in [1.29, 1.82) is 0 Å². The third-order valence-electron chi connectivity index (χ3n) is 7.74. The standard InChI is InChI=1S/C30H46N2O8/c1-18(9-12-26-28(35)30(17-37-30)16-23(40-26)15-20(3)33)8-11-25-19(2)14-24(22(5)39-25)31-27(34)13-10-21(4)38-29(36)32(6)7/h8-10,12-13,19,21-26,28,35H,11,14-17H2,1-7H3,(H,31,34)/b12-9+,13-10-,18-8+/t19-,21-,22+,23+,24+,25-,26+,28+,30+/m0/s1. The highest BCUT2D eigenvalue weighted by Crippen LogP contribution is 2.43. The number of amides is 2. The first-order valence-corrected chi connectivity index (χ1v) is 14.1. The van der Waals surface area contributed by atoms with E-state index < -0.39 is 30.0 Å². The van der Waals surface area contributed by atoms with Gasteiger partial charge >= 0.3 is 6.09 Å². The number of nitrogens with zero attached hydrogens (tertiary/aromatic N) is 1. The Labute approximate surface area is 237 Å². The van der Waals surface area contributed by atoms with Gasteiger partial charge in [0, 0.05) is 33.0 Å². The molecule has 2 N–H and O–H groups in total. The van der Waals surface area contributed by atoms with Crippen LogP contribution in [0.2, 0.25) is 0 Å². The zero-order valence-corrected chi connectivity index (χ0v) is 24.8. The third kappa shape index (κ3) is 8.99. The number of hydrogen-bond donors (Lipinski definition) is 2. The summed E-state index contributed by atoms with van der Waals surface area (Å²) in [6.45, 7) is 9.80. The summed E-state index contributed by atoms with van der Waals surface area (Å²) in [5.41, 5.74) is 0.425. The van der Waals surface area contributed by atoms with Crippen LogP contribution in [0.4, 0.5) is 4.79 Å². The number of aliphatic hydroxyl groups excluding tert-OH is 1. The Hall–Kier alpha value is -2.53. The van der Waals surface area contributed by atoms with E-state index in [0.717, 1.165) is 12.0 Å². The first kappa shape index (κ1) is 32.0. The van der Waals surface area contributed by atoms with Crippen LogP contribution in [0.15, 0.2) is 36.0 Å². The molecule has 3 fully saturated rings. The summed E-state index contributed by atoms with van der Waals surface area (Å²) >= 11 is 0. The Kier molecular flexibility index (Phi) is 11.1. The first-order chi connectivity index (χ1) is 18.8. The van der Waals surface area contributed by atoms with Gasteiger partial charge in [0.2, 0.25) is 5.91 Å². The number of rotatable bonds is 10. The Morgan fingerprint density at radius 2 is 1.88 bits per heavy atom. The lowest BCUT2D eigenvalue weighted by Crippen LogP contribution is -2.50. The van der Waals surface area contributed by atoms with E-state index in [0.29, 0.717) is 25.9 Å². The number of epoxide rings is 1. The zero-order chi connectivity index (χ0) is 29.6. The van der Waals surface area contributed by atoms with Crippen molar-refractivity contribution in [3.63, 3.8) is 0 Å². The van der Waals surface area contributed by atoms with Crippen molar-refractivity contribution in [2.75, 3.05) is 20.7 Å². The Bertz CT molecular complexity index is 1000. The highest BCUT2D eigenvalue weighted by Gasteiger charge is 2.58. The van der Waals surface area contributed by atoms with Gasteiger partial charge in [-0.25, -0.2) is 4.79 Å². The molecule has 2 amide bonds. The molecular weight excluding hydrogens is 516 g/mol. The molecule has 3 heterocycles. The number of Topliss-reactive ketones (excluding diaryl/α,β-unsaturated/α-hetero) is 1. The molecule has 0 aromatic heterocycles. The molecule has 10 nitrogen and oxygen atoms in total. The maximum atomic E-state index is 12.5. The Balaban J connectivity index is 1.48. The molecule has 3 aliphatic rings. The largest absolute Gasteiger partial charge is 0.442 e. The monoisotopic (exact) mass is 562 g/mol. The van der Waals surface area contributed by atoms with Crippen molar-refractivity contribution in [3.8, 4) is 0 Å². The lowest BCUT2D eigenvalue weighted by molar-refractivity contribution is -0.143. The number of carbonyl (C=O) groups excluding carboxylic acids is 3. The van der Waals surface area contributed by atoms with Crippen LogP contribution in [0, 0.1) is 5.92 Å². The summed E-state index contributed by atoms with van der Waals surface area (Å²) in [6, 6.07) is -0.127. The molecule has 9 atom stereocenters. The molecule has 0 radical (unpaired) electrons. The second-order valence-electron chi connectivity index (χ2n) is 11.7. The van der Waals surface area contributed by atoms with Gasteiger partial charge in [0.05, 0.1) is 31.0 Å². The molecule has 3 saturated heterocycles. The topological polar surface area (TPSA) is 127 Å². The van der Waals surface area contributed by atoms with Gasteiger partial charge in [-0.3, -0.25) is 9.59 Å². The minimum atomic E-state index is -0.763. The predicted octanol–water partition coefficient (Wildman–Crippen LogP) is 3.09. The second-order valence-corrected chi connectivity index (χ2v) is 11.7. The van der Waals surface area contributed by atoms with Crippen molar-refractivity contribution in [2.24, 2.45) is 5.92 Å². The minimum absolute atomic E-state index is 0.00659. The Morgan fingerprint density at radius 1 is 1.18 bits per heavy atom.